The molecule has 116 valence electrons. The van der Waals surface area contributed by atoms with Crippen molar-refractivity contribution in [1.29, 1.82) is 0 Å². The van der Waals surface area contributed by atoms with Crippen molar-refractivity contribution < 1.29 is 9.53 Å². The molecule has 1 aromatic heterocycles. The van der Waals surface area contributed by atoms with Crippen molar-refractivity contribution in [3.05, 3.63) is 35.5 Å². The number of hydrogen-bond donors (Lipinski definition) is 2. The van der Waals surface area contributed by atoms with Gasteiger partial charge in [-0.2, -0.15) is 0 Å². The predicted molar refractivity (Wildman–Crippen MR) is 85.9 cm³/mol. The van der Waals surface area contributed by atoms with Gasteiger partial charge in [0.2, 0.25) is 0 Å². The van der Waals surface area contributed by atoms with E-state index in [4.69, 9.17) is 4.74 Å². The van der Waals surface area contributed by atoms with Gasteiger partial charge in [-0.25, -0.2) is 0 Å². The molecule has 4 heteroatoms. The molecular formula is C18H22N2O2. The van der Waals surface area contributed by atoms with Crippen molar-refractivity contribution in [3.8, 4) is 0 Å². The monoisotopic (exact) mass is 298 g/mol. The van der Waals surface area contributed by atoms with E-state index >= 15 is 0 Å². The van der Waals surface area contributed by atoms with Crippen LogP contribution in [-0.4, -0.2) is 30.1 Å². The Morgan fingerprint density at radius 1 is 1.41 bits per heavy atom. The number of benzene rings is 1. The number of piperidine rings is 1. The summed E-state index contributed by atoms with van der Waals surface area (Å²) in [6.45, 7) is 3.29. The van der Waals surface area contributed by atoms with Crippen molar-refractivity contribution in [2.45, 2.75) is 38.1 Å². The zero-order valence-corrected chi connectivity index (χ0v) is 12.9. The van der Waals surface area contributed by atoms with E-state index in [0.29, 0.717) is 18.6 Å². The number of nitrogens with one attached hydrogen (secondary N) is 2. The van der Waals surface area contributed by atoms with E-state index in [1.165, 1.54) is 22.0 Å². The normalized spacial score (nSPS) is 26.7. The molecule has 2 aromatic rings. The Morgan fingerprint density at radius 3 is 3.18 bits per heavy atom. The molecule has 0 saturated carbocycles. The standard InChI is InChI=1S/C18H22N2O2/c1-2-6-22-18(21)12-7-14-13-4-3-5-15-17(13)11(9-19-15)8-16(14)20-10-12/h3-5,9,12,14,16,19-20H,2,6-8,10H2,1H3/t12-,14-,16-/m1/s1. The molecule has 1 aromatic carbocycles. The maximum atomic E-state index is 12.2. The largest absolute Gasteiger partial charge is 0.465 e. The maximum Gasteiger partial charge on any atom is 0.310 e. The van der Waals surface area contributed by atoms with Crippen molar-refractivity contribution in [3.63, 3.8) is 0 Å². The second-order valence-corrected chi connectivity index (χ2v) is 6.51. The molecule has 3 atom stereocenters. The number of fused-ring (bicyclic) bond motifs is 2. The van der Waals surface area contributed by atoms with Crippen LogP contribution in [0.4, 0.5) is 0 Å². The second kappa shape index (κ2) is 5.43. The molecule has 0 bridgehead atoms. The Balaban J connectivity index is 1.63. The number of aromatic amines is 1. The van der Waals surface area contributed by atoms with Gasteiger partial charge in [0, 0.05) is 35.6 Å². The summed E-state index contributed by atoms with van der Waals surface area (Å²) in [4.78, 5) is 15.6. The van der Waals surface area contributed by atoms with Gasteiger partial charge >= 0.3 is 5.97 Å². The topological polar surface area (TPSA) is 54.1 Å². The lowest BCUT2D eigenvalue weighted by atomic mass is 9.73. The molecule has 4 nitrogen and oxygen atoms in total. The summed E-state index contributed by atoms with van der Waals surface area (Å²) in [5.41, 5.74) is 3.98. The van der Waals surface area contributed by atoms with E-state index in [-0.39, 0.29) is 11.9 Å². The van der Waals surface area contributed by atoms with Crippen molar-refractivity contribution in [1.82, 2.24) is 10.3 Å². The van der Waals surface area contributed by atoms with Gasteiger partial charge in [-0.1, -0.05) is 19.1 Å². The Hall–Kier alpha value is -1.81. The highest BCUT2D eigenvalue weighted by Gasteiger charge is 2.38. The van der Waals surface area contributed by atoms with Gasteiger partial charge in [-0.15, -0.1) is 0 Å². The summed E-state index contributed by atoms with van der Waals surface area (Å²) in [5.74, 6) is 0.336. The zero-order chi connectivity index (χ0) is 15.1. The van der Waals surface area contributed by atoms with Crippen LogP contribution in [0.25, 0.3) is 10.9 Å². The first-order valence-electron chi connectivity index (χ1n) is 8.26. The number of esters is 1. The summed E-state index contributed by atoms with van der Waals surface area (Å²) in [6.07, 6.45) is 4.94. The van der Waals surface area contributed by atoms with E-state index < -0.39 is 0 Å². The van der Waals surface area contributed by atoms with Crippen molar-refractivity contribution in [2.24, 2.45) is 5.92 Å². The van der Waals surface area contributed by atoms with Crippen LogP contribution in [0, 0.1) is 5.92 Å². The number of hydrogen-bond acceptors (Lipinski definition) is 3. The average molecular weight is 298 g/mol. The molecule has 0 unspecified atom stereocenters. The van der Waals surface area contributed by atoms with Gasteiger partial charge in [0.25, 0.3) is 0 Å². The first-order valence-corrected chi connectivity index (χ1v) is 8.26. The number of H-pyrrole nitrogens is 1. The Bertz CT molecular complexity index is 706. The zero-order valence-electron chi connectivity index (χ0n) is 12.9. The smallest absolute Gasteiger partial charge is 0.310 e. The van der Waals surface area contributed by atoms with Gasteiger partial charge in [-0.3, -0.25) is 4.79 Å². The summed E-state index contributed by atoms with van der Waals surface area (Å²) in [6, 6.07) is 6.90. The van der Waals surface area contributed by atoms with Crippen molar-refractivity contribution in [2.75, 3.05) is 13.2 Å². The number of rotatable bonds is 3. The molecule has 1 aliphatic heterocycles. The fraction of sp³-hybridized carbons (Fsp3) is 0.500. The molecule has 2 heterocycles. The number of aromatic nitrogens is 1. The Kier molecular flexibility index (Phi) is 3.41. The molecule has 2 aliphatic rings. The van der Waals surface area contributed by atoms with Gasteiger partial charge in [-0.05, 0) is 36.5 Å². The number of carbonyl (C=O) groups is 1. The maximum absolute atomic E-state index is 12.2. The van der Waals surface area contributed by atoms with E-state index in [2.05, 4.69) is 34.7 Å². The lowest BCUT2D eigenvalue weighted by Gasteiger charge is -2.39. The highest BCUT2D eigenvalue weighted by atomic mass is 16.5. The Labute approximate surface area is 130 Å². The number of carbonyl (C=O) groups excluding carboxylic acids is 1. The quantitative estimate of drug-likeness (QED) is 0.857. The first kappa shape index (κ1) is 13.8. The van der Waals surface area contributed by atoms with Crippen molar-refractivity contribution >= 4 is 16.9 Å². The van der Waals surface area contributed by atoms with Crippen LogP contribution in [0.2, 0.25) is 0 Å². The van der Waals surface area contributed by atoms with E-state index in [1.807, 2.05) is 6.92 Å². The summed E-state index contributed by atoms with van der Waals surface area (Å²) in [5, 5.41) is 4.96. The molecular weight excluding hydrogens is 276 g/mol. The average Bonchev–Trinajstić information content (AvgIpc) is 2.97. The van der Waals surface area contributed by atoms with Crippen LogP contribution in [-0.2, 0) is 16.0 Å². The third kappa shape index (κ3) is 2.13. The molecule has 4 rings (SSSR count). The van der Waals surface area contributed by atoms with Crippen LogP contribution in [0.15, 0.2) is 24.4 Å². The van der Waals surface area contributed by atoms with Crippen LogP contribution in [0.1, 0.15) is 36.8 Å². The third-order valence-corrected chi connectivity index (χ3v) is 5.09. The van der Waals surface area contributed by atoms with Crippen LogP contribution in [0.3, 0.4) is 0 Å². The number of ether oxygens (including phenoxy) is 1. The SMILES string of the molecule is CCCOC(=O)[C@H]1CN[C@@H]2Cc3c[nH]c4cccc(c34)[C@H]2C1. The molecule has 2 N–H and O–H groups in total. The van der Waals surface area contributed by atoms with Crippen LogP contribution in [0.5, 0.6) is 0 Å². The van der Waals surface area contributed by atoms with E-state index in [0.717, 1.165) is 25.8 Å². The molecule has 0 radical (unpaired) electrons. The summed E-state index contributed by atoms with van der Waals surface area (Å²) < 4.78 is 5.35. The van der Waals surface area contributed by atoms with E-state index in [9.17, 15) is 4.79 Å². The highest BCUT2D eigenvalue weighted by Crippen LogP contribution is 2.41. The van der Waals surface area contributed by atoms with Gasteiger partial charge < -0.3 is 15.0 Å². The van der Waals surface area contributed by atoms with Crippen LogP contribution >= 0.6 is 0 Å². The second-order valence-electron chi connectivity index (χ2n) is 6.51. The summed E-state index contributed by atoms with van der Waals surface area (Å²) in [7, 11) is 0. The molecule has 1 aliphatic carbocycles. The molecule has 0 spiro atoms. The van der Waals surface area contributed by atoms with Gasteiger partial charge in [0.05, 0.1) is 12.5 Å². The first-order chi connectivity index (χ1) is 10.8. The minimum Gasteiger partial charge on any atom is -0.465 e. The fourth-order valence-corrected chi connectivity index (χ4v) is 4.04. The van der Waals surface area contributed by atoms with Gasteiger partial charge in [0.15, 0.2) is 0 Å². The summed E-state index contributed by atoms with van der Waals surface area (Å²) >= 11 is 0. The molecule has 1 saturated heterocycles. The minimum absolute atomic E-state index is 0.0245. The molecule has 1 fully saturated rings. The van der Waals surface area contributed by atoms with Crippen LogP contribution < -0.4 is 5.32 Å². The fourth-order valence-electron chi connectivity index (χ4n) is 4.04. The lowest BCUT2D eigenvalue weighted by Crippen LogP contribution is -2.48. The third-order valence-electron chi connectivity index (χ3n) is 5.09. The molecule has 0 amide bonds. The molecule has 22 heavy (non-hydrogen) atoms. The van der Waals surface area contributed by atoms with Gasteiger partial charge in [0.1, 0.15) is 0 Å². The van der Waals surface area contributed by atoms with E-state index in [1.54, 1.807) is 0 Å². The highest BCUT2D eigenvalue weighted by molar-refractivity contribution is 5.88. The predicted octanol–water partition coefficient (Wildman–Crippen LogP) is 2.74. The lowest BCUT2D eigenvalue weighted by molar-refractivity contribution is -0.149. The Morgan fingerprint density at radius 2 is 2.32 bits per heavy atom. The minimum atomic E-state index is -0.0418.